The molecule has 31 heavy (non-hydrogen) atoms. The Balaban J connectivity index is 1.62. The summed E-state index contributed by atoms with van der Waals surface area (Å²) in [5.74, 6) is -0.879. The van der Waals surface area contributed by atoms with Crippen molar-refractivity contribution >= 4 is 40.0 Å². The van der Waals surface area contributed by atoms with E-state index in [2.05, 4.69) is 10.3 Å². The van der Waals surface area contributed by atoms with Crippen molar-refractivity contribution in [1.29, 1.82) is 0 Å². The first kappa shape index (κ1) is 20.7. The van der Waals surface area contributed by atoms with Crippen LogP contribution in [0.25, 0.3) is 0 Å². The SMILES string of the molecule is Cc1ccc([C@@]2(C)NC(=O)N(CC(=O)N(c3ccccc3)c3nc(C)cs3)C2=O)cc1. The van der Waals surface area contributed by atoms with Crippen molar-refractivity contribution in [1.82, 2.24) is 15.2 Å². The third-order valence-corrected chi connectivity index (χ3v) is 6.20. The van der Waals surface area contributed by atoms with E-state index in [1.165, 1.54) is 16.2 Å². The van der Waals surface area contributed by atoms with Gasteiger partial charge in [-0.2, -0.15) is 0 Å². The van der Waals surface area contributed by atoms with Crippen LogP contribution in [0.1, 0.15) is 23.7 Å². The number of carbonyl (C=O) groups excluding carboxylic acids is 3. The molecule has 1 fully saturated rings. The fourth-order valence-electron chi connectivity index (χ4n) is 3.51. The highest BCUT2D eigenvalue weighted by Crippen LogP contribution is 2.31. The first-order chi connectivity index (χ1) is 14.8. The lowest BCUT2D eigenvalue weighted by Crippen LogP contribution is -2.43. The number of hydrogen-bond donors (Lipinski definition) is 1. The second-order valence-corrected chi connectivity index (χ2v) is 8.49. The van der Waals surface area contributed by atoms with E-state index < -0.39 is 23.4 Å². The van der Waals surface area contributed by atoms with Crippen molar-refractivity contribution in [2.45, 2.75) is 26.3 Å². The van der Waals surface area contributed by atoms with Gasteiger partial charge < -0.3 is 5.32 Å². The largest absolute Gasteiger partial charge is 0.325 e. The number of hydrogen-bond acceptors (Lipinski definition) is 5. The molecular formula is C23H22N4O3S. The summed E-state index contributed by atoms with van der Waals surface area (Å²) in [6.45, 7) is 5.06. The van der Waals surface area contributed by atoms with Gasteiger partial charge >= 0.3 is 6.03 Å². The van der Waals surface area contributed by atoms with Crippen LogP contribution in [0.4, 0.5) is 15.6 Å². The van der Waals surface area contributed by atoms with Crippen molar-refractivity contribution in [3.63, 3.8) is 0 Å². The minimum absolute atomic E-state index is 0.389. The predicted molar refractivity (Wildman–Crippen MR) is 119 cm³/mol. The van der Waals surface area contributed by atoms with Crippen LogP contribution in [-0.4, -0.2) is 34.3 Å². The molecule has 3 aromatic rings. The Morgan fingerprint density at radius 3 is 2.39 bits per heavy atom. The van der Waals surface area contributed by atoms with Gasteiger partial charge in [-0.25, -0.2) is 9.78 Å². The lowest BCUT2D eigenvalue weighted by atomic mass is 9.91. The Morgan fingerprint density at radius 1 is 1.10 bits per heavy atom. The quantitative estimate of drug-likeness (QED) is 0.618. The van der Waals surface area contributed by atoms with E-state index in [0.29, 0.717) is 16.4 Å². The summed E-state index contributed by atoms with van der Waals surface area (Å²) in [4.78, 5) is 46.1. The number of nitrogens with one attached hydrogen (secondary N) is 1. The number of imide groups is 1. The molecule has 0 saturated carbocycles. The van der Waals surface area contributed by atoms with E-state index in [9.17, 15) is 14.4 Å². The van der Waals surface area contributed by atoms with Gasteiger partial charge in [0.25, 0.3) is 11.8 Å². The summed E-state index contributed by atoms with van der Waals surface area (Å²) in [5.41, 5.74) is 1.90. The molecule has 0 spiro atoms. The molecule has 1 N–H and O–H groups in total. The Labute approximate surface area is 184 Å². The standard InChI is InChI=1S/C23H22N4O3S/c1-15-9-11-17(12-10-15)23(3)20(29)26(21(30)25-23)13-19(28)27(18-7-5-4-6-8-18)22-24-16(2)14-31-22/h4-12,14H,13H2,1-3H3,(H,25,30)/t23-/m1/s1. The predicted octanol–water partition coefficient (Wildman–Crippen LogP) is 3.89. The summed E-state index contributed by atoms with van der Waals surface area (Å²) in [5, 5.41) is 5.08. The average molecular weight is 435 g/mol. The number of aromatic nitrogens is 1. The second kappa shape index (κ2) is 7.96. The van der Waals surface area contributed by atoms with Gasteiger partial charge in [0.1, 0.15) is 12.1 Å². The maximum absolute atomic E-state index is 13.3. The van der Waals surface area contributed by atoms with E-state index in [4.69, 9.17) is 0 Å². The summed E-state index contributed by atoms with van der Waals surface area (Å²) in [6, 6.07) is 15.9. The summed E-state index contributed by atoms with van der Waals surface area (Å²) in [7, 11) is 0. The number of para-hydroxylation sites is 1. The summed E-state index contributed by atoms with van der Waals surface area (Å²) in [6.07, 6.45) is 0. The van der Waals surface area contributed by atoms with Gasteiger partial charge in [-0.15, -0.1) is 11.3 Å². The molecule has 0 radical (unpaired) electrons. The van der Waals surface area contributed by atoms with E-state index in [1.54, 1.807) is 19.1 Å². The fraction of sp³-hybridized carbons (Fsp3) is 0.217. The van der Waals surface area contributed by atoms with Crippen LogP contribution in [0.3, 0.4) is 0 Å². The first-order valence-corrected chi connectivity index (χ1v) is 10.7. The molecule has 0 bridgehead atoms. The van der Waals surface area contributed by atoms with E-state index in [1.807, 2.05) is 61.7 Å². The van der Waals surface area contributed by atoms with Gasteiger partial charge in [0.2, 0.25) is 0 Å². The number of aryl methyl sites for hydroxylation is 2. The van der Waals surface area contributed by atoms with Crippen LogP contribution < -0.4 is 10.2 Å². The molecule has 2 heterocycles. The van der Waals surface area contributed by atoms with Crippen molar-refractivity contribution in [2.75, 3.05) is 11.4 Å². The second-order valence-electron chi connectivity index (χ2n) is 7.65. The van der Waals surface area contributed by atoms with Gasteiger partial charge in [-0.05, 0) is 38.5 Å². The van der Waals surface area contributed by atoms with Gasteiger partial charge in [0, 0.05) is 5.38 Å². The third-order valence-electron chi connectivity index (χ3n) is 5.26. The summed E-state index contributed by atoms with van der Waals surface area (Å²) < 4.78 is 0. The van der Waals surface area contributed by atoms with Crippen LogP contribution in [0.5, 0.6) is 0 Å². The van der Waals surface area contributed by atoms with Gasteiger partial charge in [-0.1, -0.05) is 48.0 Å². The molecular weight excluding hydrogens is 412 g/mol. The molecule has 0 aliphatic carbocycles. The zero-order valence-electron chi connectivity index (χ0n) is 17.5. The number of benzene rings is 2. The topological polar surface area (TPSA) is 82.6 Å². The number of urea groups is 1. The van der Waals surface area contributed by atoms with E-state index in [-0.39, 0.29) is 6.54 Å². The lowest BCUT2D eigenvalue weighted by Gasteiger charge is -2.24. The van der Waals surface area contributed by atoms with Crippen LogP contribution in [0.15, 0.2) is 60.0 Å². The molecule has 4 rings (SSSR count). The number of rotatable bonds is 5. The Kier molecular flexibility index (Phi) is 5.32. The molecule has 1 aliphatic heterocycles. The normalized spacial score (nSPS) is 18.2. The Bertz CT molecular complexity index is 1140. The molecule has 7 nitrogen and oxygen atoms in total. The van der Waals surface area contributed by atoms with Crippen molar-refractivity contribution in [3.05, 3.63) is 76.8 Å². The van der Waals surface area contributed by atoms with Gasteiger partial charge in [0.05, 0.1) is 11.4 Å². The summed E-state index contributed by atoms with van der Waals surface area (Å²) >= 11 is 1.33. The third kappa shape index (κ3) is 3.82. The number of anilines is 2. The Morgan fingerprint density at radius 2 is 1.77 bits per heavy atom. The van der Waals surface area contributed by atoms with Gasteiger partial charge in [-0.3, -0.25) is 19.4 Å². The highest BCUT2D eigenvalue weighted by molar-refractivity contribution is 7.14. The Hall–Kier alpha value is -3.52. The van der Waals surface area contributed by atoms with Crippen LogP contribution in [0.2, 0.25) is 0 Å². The van der Waals surface area contributed by atoms with E-state index >= 15 is 0 Å². The highest BCUT2D eigenvalue weighted by atomic mass is 32.1. The van der Waals surface area contributed by atoms with Crippen LogP contribution in [0, 0.1) is 13.8 Å². The zero-order valence-corrected chi connectivity index (χ0v) is 18.3. The van der Waals surface area contributed by atoms with Crippen LogP contribution in [-0.2, 0) is 15.1 Å². The van der Waals surface area contributed by atoms with Gasteiger partial charge in [0.15, 0.2) is 5.13 Å². The number of carbonyl (C=O) groups is 3. The molecule has 1 aliphatic rings. The highest BCUT2D eigenvalue weighted by Gasteiger charge is 2.49. The molecule has 1 saturated heterocycles. The molecule has 8 heteroatoms. The fourth-order valence-corrected chi connectivity index (χ4v) is 4.35. The first-order valence-electron chi connectivity index (χ1n) is 9.81. The molecule has 158 valence electrons. The van der Waals surface area contributed by atoms with E-state index in [0.717, 1.165) is 16.2 Å². The molecule has 1 atom stereocenters. The smallest absolute Gasteiger partial charge is 0.319 e. The molecule has 4 amide bonds. The van der Waals surface area contributed by atoms with Crippen molar-refractivity contribution in [2.24, 2.45) is 0 Å². The number of amides is 4. The monoisotopic (exact) mass is 434 g/mol. The minimum atomic E-state index is -1.22. The minimum Gasteiger partial charge on any atom is -0.319 e. The maximum atomic E-state index is 13.3. The molecule has 2 aromatic carbocycles. The zero-order chi connectivity index (χ0) is 22.2. The maximum Gasteiger partial charge on any atom is 0.325 e. The lowest BCUT2D eigenvalue weighted by molar-refractivity contribution is -0.134. The number of thiazole rings is 1. The van der Waals surface area contributed by atoms with Crippen molar-refractivity contribution < 1.29 is 14.4 Å². The van der Waals surface area contributed by atoms with Crippen LogP contribution >= 0.6 is 11.3 Å². The van der Waals surface area contributed by atoms with Crippen molar-refractivity contribution in [3.8, 4) is 0 Å². The number of nitrogens with zero attached hydrogens (tertiary/aromatic N) is 3. The average Bonchev–Trinajstić information content (AvgIpc) is 3.26. The molecule has 1 aromatic heterocycles. The molecule has 0 unspecified atom stereocenters.